The van der Waals surface area contributed by atoms with Gasteiger partial charge in [0.2, 0.25) is 0 Å². The smallest absolute Gasteiger partial charge is 0.124 e. The molecule has 0 spiro atoms. The summed E-state index contributed by atoms with van der Waals surface area (Å²) in [6.07, 6.45) is 3.26. The molecule has 0 radical (unpaired) electrons. The van der Waals surface area contributed by atoms with Gasteiger partial charge in [0.1, 0.15) is 5.82 Å². The fraction of sp³-hybridized carbons (Fsp3) is 0.312. The minimum absolute atomic E-state index is 0.104. The van der Waals surface area contributed by atoms with Gasteiger partial charge < -0.3 is 5.11 Å². The predicted molar refractivity (Wildman–Crippen MR) is 78.4 cm³/mol. The van der Waals surface area contributed by atoms with E-state index >= 15 is 0 Å². The standard InChI is InChI=1S/C16H16FNOS/c17-12-4-1-5-13(9-12)20-10-15(19)14-7-6-11-3-2-8-18-16(11)14/h1-5,8-9,14-15,19H,6-7,10H2. The maximum Gasteiger partial charge on any atom is 0.124 e. The normalized spacial score (nSPS) is 18.8. The Hall–Kier alpha value is -1.39. The summed E-state index contributed by atoms with van der Waals surface area (Å²) in [4.78, 5) is 5.25. The minimum atomic E-state index is -0.445. The van der Waals surface area contributed by atoms with Gasteiger partial charge in [-0.25, -0.2) is 4.39 Å². The summed E-state index contributed by atoms with van der Waals surface area (Å²) in [5.41, 5.74) is 2.27. The zero-order valence-electron chi connectivity index (χ0n) is 11.0. The lowest BCUT2D eigenvalue weighted by Crippen LogP contribution is -2.19. The highest BCUT2D eigenvalue weighted by atomic mass is 32.2. The first kappa shape index (κ1) is 13.6. The van der Waals surface area contributed by atoms with Gasteiger partial charge in [0.15, 0.2) is 0 Å². The molecule has 0 saturated heterocycles. The quantitative estimate of drug-likeness (QED) is 0.876. The summed E-state index contributed by atoms with van der Waals surface area (Å²) < 4.78 is 13.1. The molecule has 1 aliphatic carbocycles. The van der Waals surface area contributed by atoms with E-state index in [0.29, 0.717) is 5.75 Å². The number of nitrogens with zero attached hydrogens (tertiary/aromatic N) is 1. The third-order valence-electron chi connectivity index (χ3n) is 3.68. The molecule has 1 N–H and O–H groups in total. The Morgan fingerprint density at radius 1 is 1.35 bits per heavy atom. The molecule has 2 unspecified atom stereocenters. The molecule has 2 atom stereocenters. The largest absolute Gasteiger partial charge is 0.392 e. The van der Waals surface area contributed by atoms with Crippen LogP contribution < -0.4 is 0 Å². The Labute approximate surface area is 122 Å². The fourth-order valence-corrected chi connectivity index (χ4v) is 3.64. The maximum atomic E-state index is 13.1. The van der Waals surface area contributed by atoms with Crippen molar-refractivity contribution < 1.29 is 9.50 Å². The highest BCUT2D eigenvalue weighted by Gasteiger charge is 2.29. The Balaban J connectivity index is 1.65. The van der Waals surface area contributed by atoms with Crippen LogP contribution in [0.3, 0.4) is 0 Å². The van der Waals surface area contributed by atoms with E-state index < -0.39 is 6.10 Å². The minimum Gasteiger partial charge on any atom is -0.392 e. The Kier molecular flexibility index (Phi) is 4.03. The number of thioether (sulfide) groups is 1. The van der Waals surface area contributed by atoms with Gasteiger partial charge >= 0.3 is 0 Å². The lowest BCUT2D eigenvalue weighted by molar-refractivity contribution is 0.165. The Bertz CT molecular complexity index is 605. The summed E-state index contributed by atoms with van der Waals surface area (Å²) in [6, 6.07) is 10.5. The van der Waals surface area contributed by atoms with Gasteiger partial charge in [0.05, 0.1) is 6.10 Å². The summed E-state index contributed by atoms with van der Waals surface area (Å²) in [7, 11) is 0. The monoisotopic (exact) mass is 289 g/mol. The van der Waals surface area contributed by atoms with Crippen molar-refractivity contribution in [2.45, 2.75) is 29.8 Å². The molecule has 0 aliphatic heterocycles. The summed E-state index contributed by atoms with van der Waals surface area (Å²) >= 11 is 1.49. The van der Waals surface area contributed by atoms with Crippen LogP contribution in [0.1, 0.15) is 23.6 Å². The van der Waals surface area contributed by atoms with Crippen LogP contribution in [0.4, 0.5) is 4.39 Å². The van der Waals surface area contributed by atoms with Crippen LogP contribution in [0.5, 0.6) is 0 Å². The number of halogens is 1. The number of rotatable bonds is 4. The molecule has 0 saturated carbocycles. The molecule has 20 heavy (non-hydrogen) atoms. The highest BCUT2D eigenvalue weighted by Crippen LogP contribution is 2.35. The second-order valence-electron chi connectivity index (χ2n) is 5.03. The fourth-order valence-electron chi connectivity index (χ4n) is 2.67. The first-order valence-corrected chi connectivity index (χ1v) is 7.73. The lowest BCUT2D eigenvalue weighted by Gasteiger charge is -2.18. The van der Waals surface area contributed by atoms with Crippen molar-refractivity contribution in [3.8, 4) is 0 Å². The van der Waals surface area contributed by atoms with E-state index in [0.717, 1.165) is 23.4 Å². The molecule has 0 fully saturated rings. The van der Waals surface area contributed by atoms with Crippen LogP contribution in [-0.2, 0) is 6.42 Å². The number of aromatic nitrogens is 1. The molecular formula is C16H16FNOS. The van der Waals surface area contributed by atoms with Crippen molar-refractivity contribution in [2.24, 2.45) is 0 Å². The van der Waals surface area contributed by atoms with E-state index in [4.69, 9.17) is 0 Å². The topological polar surface area (TPSA) is 33.1 Å². The lowest BCUT2D eigenvalue weighted by atomic mass is 10.0. The molecular weight excluding hydrogens is 273 g/mol. The van der Waals surface area contributed by atoms with Crippen molar-refractivity contribution >= 4 is 11.8 Å². The number of hydrogen-bond acceptors (Lipinski definition) is 3. The zero-order valence-corrected chi connectivity index (χ0v) is 11.8. The van der Waals surface area contributed by atoms with Gasteiger partial charge in [-0.3, -0.25) is 4.98 Å². The van der Waals surface area contributed by atoms with Crippen LogP contribution in [0.15, 0.2) is 47.5 Å². The van der Waals surface area contributed by atoms with Crippen molar-refractivity contribution in [2.75, 3.05) is 5.75 Å². The second-order valence-corrected chi connectivity index (χ2v) is 6.12. The van der Waals surface area contributed by atoms with Crippen molar-refractivity contribution in [1.82, 2.24) is 4.98 Å². The number of aliphatic hydroxyl groups is 1. The maximum absolute atomic E-state index is 13.1. The van der Waals surface area contributed by atoms with Crippen LogP contribution in [-0.4, -0.2) is 21.9 Å². The van der Waals surface area contributed by atoms with E-state index in [1.54, 1.807) is 12.3 Å². The van der Waals surface area contributed by atoms with Crippen molar-refractivity contribution in [3.63, 3.8) is 0 Å². The Morgan fingerprint density at radius 3 is 3.10 bits per heavy atom. The van der Waals surface area contributed by atoms with Gasteiger partial charge in [0.25, 0.3) is 0 Å². The van der Waals surface area contributed by atoms with E-state index in [1.165, 1.54) is 29.5 Å². The van der Waals surface area contributed by atoms with Crippen molar-refractivity contribution in [1.29, 1.82) is 0 Å². The van der Waals surface area contributed by atoms with Crippen LogP contribution in [0.25, 0.3) is 0 Å². The number of pyridine rings is 1. The number of benzene rings is 1. The SMILES string of the molecule is OC(CSc1cccc(F)c1)C1CCc2cccnc21. The van der Waals surface area contributed by atoms with Gasteiger partial charge in [-0.2, -0.15) is 0 Å². The summed E-state index contributed by atoms with van der Waals surface area (Å²) in [6.45, 7) is 0. The first-order chi connectivity index (χ1) is 9.74. The van der Waals surface area contributed by atoms with E-state index in [2.05, 4.69) is 11.1 Å². The molecule has 1 aromatic carbocycles. The molecule has 1 aromatic heterocycles. The van der Waals surface area contributed by atoms with Crippen LogP contribution in [0, 0.1) is 5.82 Å². The first-order valence-electron chi connectivity index (χ1n) is 6.74. The van der Waals surface area contributed by atoms with Gasteiger partial charge in [-0.05, 0) is 42.7 Å². The van der Waals surface area contributed by atoms with Crippen LogP contribution >= 0.6 is 11.8 Å². The molecule has 1 aliphatic rings. The Morgan fingerprint density at radius 2 is 2.25 bits per heavy atom. The molecule has 1 heterocycles. The number of aliphatic hydroxyl groups excluding tert-OH is 1. The second kappa shape index (κ2) is 5.94. The van der Waals surface area contributed by atoms with Crippen molar-refractivity contribution in [3.05, 3.63) is 59.7 Å². The average Bonchev–Trinajstić information content (AvgIpc) is 2.89. The van der Waals surface area contributed by atoms with Gasteiger partial charge in [0, 0.05) is 28.5 Å². The third kappa shape index (κ3) is 2.86. The van der Waals surface area contributed by atoms with E-state index in [1.807, 2.05) is 12.1 Å². The van der Waals surface area contributed by atoms with E-state index in [-0.39, 0.29) is 11.7 Å². The average molecular weight is 289 g/mol. The van der Waals surface area contributed by atoms with Gasteiger partial charge in [-0.15, -0.1) is 11.8 Å². The molecule has 0 amide bonds. The number of aryl methyl sites for hydroxylation is 1. The van der Waals surface area contributed by atoms with E-state index in [9.17, 15) is 9.50 Å². The van der Waals surface area contributed by atoms with Crippen LogP contribution in [0.2, 0.25) is 0 Å². The highest BCUT2D eigenvalue weighted by molar-refractivity contribution is 7.99. The predicted octanol–water partition coefficient (Wildman–Crippen LogP) is 3.40. The third-order valence-corrected chi connectivity index (χ3v) is 4.78. The zero-order chi connectivity index (χ0) is 13.9. The molecule has 0 bridgehead atoms. The number of fused-ring (bicyclic) bond motifs is 1. The molecule has 2 aromatic rings. The van der Waals surface area contributed by atoms with Gasteiger partial charge in [-0.1, -0.05) is 12.1 Å². The molecule has 3 rings (SSSR count). The summed E-state index contributed by atoms with van der Waals surface area (Å²) in [5.74, 6) is 0.425. The molecule has 104 valence electrons. The molecule has 2 nitrogen and oxygen atoms in total. The number of hydrogen-bond donors (Lipinski definition) is 1. The summed E-state index contributed by atoms with van der Waals surface area (Å²) in [5, 5.41) is 10.4. The molecule has 4 heteroatoms.